The van der Waals surface area contributed by atoms with Crippen LogP contribution in [0.2, 0.25) is 0 Å². The van der Waals surface area contributed by atoms with Crippen LogP contribution in [0.1, 0.15) is 49.9 Å². The van der Waals surface area contributed by atoms with Crippen LogP contribution in [0.3, 0.4) is 0 Å². The van der Waals surface area contributed by atoms with E-state index in [1.807, 2.05) is 73.3 Å². The fourth-order valence-corrected chi connectivity index (χ4v) is 12.2. The van der Waals surface area contributed by atoms with Gasteiger partial charge in [-0.25, -0.2) is 0 Å². The maximum absolute atomic E-state index is 4.71. The average Bonchev–Trinajstić information content (AvgIpc) is 3.90. The zero-order valence-corrected chi connectivity index (χ0v) is 44.0. The third kappa shape index (κ3) is 8.16. The summed E-state index contributed by atoms with van der Waals surface area (Å²) in [6.45, 7) is 9.46. The molecule has 0 saturated heterocycles. The van der Waals surface area contributed by atoms with Crippen LogP contribution in [0, 0.1) is 0 Å². The Kier molecular flexibility index (Phi) is 11.2. The molecule has 0 unspecified atom stereocenters. The molecule has 0 radical (unpaired) electrons. The zero-order valence-electron chi connectivity index (χ0n) is 44.0. The minimum absolute atomic E-state index is 0.191. The summed E-state index contributed by atoms with van der Waals surface area (Å²) in [6, 6.07) is 83.9. The monoisotopic (exact) mass is 998 g/mol. The second-order valence-electron chi connectivity index (χ2n) is 21.9. The van der Waals surface area contributed by atoms with Gasteiger partial charge in [0.05, 0.1) is 22.8 Å². The Labute approximate surface area is 456 Å². The molecule has 4 aromatic heterocycles. The Balaban J connectivity index is 0.705. The molecule has 0 bridgehead atoms. The Morgan fingerprint density at radius 2 is 0.423 bits per heavy atom. The Bertz CT molecular complexity index is 3870. The van der Waals surface area contributed by atoms with Gasteiger partial charge in [-0.3, -0.25) is 19.9 Å². The van der Waals surface area contributed by atoms with Crippen LogP contribution in [-0.2, 0) is 10.8 Å². The van der Waals surface area contributed by atoms with Crippen LogP contribution in [0.25, 0.3) is 123 Å². The lowest BCUT2D eigenvalue weighted by Gasteiger charge is -2.23. The highest BCUT2D eigenvalue weighted by Crippen LogP contribution is 2.53. The first-order valence-corrected chi connectivity index (χ1v) is 26.9. The summed E-state index contributed by atoms with van der Waals surface area (Å²) in [5.41, 5.74) is 30.2. The predicted molar refractivity (Wildman–Crippen MR) is 322 cm³/mol. The summed E-state index contributed by atoms with van der Waals surface area (Å²) in [5, 5.41) is 0. The van der Waals surface area contributed by atoms with Crippen molar-refractivity contribution in [2.75, 3.05) is 0 Å². The van der Waals surface area contributed by atoms with Crippen molar-refractivity contribution >= 4 is 0 Å². The van der Waals surface area contributed by atoms with Gasteiger partial charge in [-0.05, 0) is 209 Å². The Morgan fingerprint density at radius 3 is 0.667 bits per heavy atom. The van der Waals surface area contributed by atoms with Crippen molar-refractivity contribution in [2.24, 2.45) is 0 Å². The van der Waals surface area contributed by atoms with Gasteiger partial charge in [0.25, 0.3) is 0 Å². The molecule has 0 saturated carbocycles. The molecule has 8 aromatic carbocycles. The van der Waals surface area contributed by atoms with Crippen LogP contribution in [-0.4, -0.2) is 19.9 Å². The topological polar surface area (TPSA) is 51.6 Å². The number of pyridine rings is 4. The number of benzene rings is 8. The van der Waals surface area contributed by atoms with E-state index in [0.29, 0.717) is 0 Å². The molecule has 4 nitrogen and oxygen atoms in total. The first-order valence-electron chi connectivity index (χ1n) is 26.9. The zero-order chi connectivity index (χ0) is 52.5. The van der Waals surface area contributed by atoms with E-state index in [1.54, 1.807) is 0 Å². The largest absolute Gasteiger partial charge is 0.256 e. The van der Waals surface area contributed by atoms with Crippen molar-refractivity contribution in [3.05, 3.63) is 278 Å². The van der Waals surface area contributed by atoms with Gasteiger partial charge >= 0.3 is 0 Å². The summed E-state index contributed by atoms with van der Waals surface area (Å²) in [4.78, 5) is 18.8. The highest BCUT2D eigenvalue weighted by Gasteiger charge is 2.37. The third-order valence-electron chi connectivity index (χ3n) is 16.5. The highest BCUT2D eigenvalue weighted by molar-refractivity contribution is 5.90. The number of rotatable bonds is 9. The lowest BCUT2D eigenvalue weighted by Crippen LogP contribution is -2.15. The standard InChI is InChI=1S/C74H54N4/c1-73(2)65-43-51(25-29-61(65)63-31-27-53(45-67(63)73)55-37-57(69-13-5-9-33-75-69)41-58(38-55)70-14-6-10-34-76-70)49-21-17-47(18-22-49)48-19-23-50(24-20-48)52-26-30-62-64-32-28-54(46-68(64)74(3,4)66(62)44-52)56-39-59(71-15-7-11-35-77-71)42-60(40-56)72-16-8-12-36-78-72/h5-46H,1-4H3. The molecule has 0 amide bonds. The second-order valence-corrected chi connectivity index (χ2v) is 21.9. The van der Waals surface area contributed by atoms with Gasteiger partial charge in [-0.15, -0.1) is 0 Å². The van der Waals surface area contributed by atoms with Crippen molar-refractivity contribution in [1.82, 2.24) is 19.9 Å². The van der Waals surface area contributed by atoms with Gasteiger partial charge < -0.3 is 0 Å². The van der Waals surface area contributed by atoms with Gasteiger partial charge in [0, 0.05) is 57.9 Å². The lowest BCUT2D eigenvalue weighted by atomic mass is 9.80. The Morgan fingerprint density at radius 1 is 0.205 bits per heavy atom. The van der Waals surface area contributed by atoms with E-state index in [2.05, 4.69) is 210 Å². The molecule has 370 valence electrons. The molecule has 0 fully saturated rings. The molecular weight excluding hydrogens is 945 g/mol. The van der Waals surface area contributed by atoms with Gasteiger partial charge in [-0.2, -0.15) is 0 Å². The van der Waals surface area contributed by atoms with Crippen LogP contribution in [0.15, 0.2) is 255 Å². The summed E-state index contributed by atoms with van der Waals surface area (Å²) in [5.74, 6) is 0. The summed E-state index contributed by atoms with van der Waals surface area (Å²) in [6.07, 6.45) is 7.42. The van der Waals surface area contributed by atoms with E-state index in [9.17, 15) is 0 Å². The minimum Gasteiger partial charge on any atom is -0.256 e. The lowest BCUT2D eigenvalue weighted by molar-refractivity contribution is 0.660. The van der Waals surface area contributed by atoms with Crippen molar-refractivity contribution in [2.45, 2.75) is 38.5 Å². The maximum Gasteiger partial charge on any atom is 0.0702 e. The molecule has 0 spiro atoms. The number of hydrogen-bond donors (Lipinski definition) is 0. The molecule has 2 aliphatic rings. The van der Waals surface area contributed by atoms with E-state index in [0.717, 1.165) is 56.2 Å². The maximum atomic E-state index is 4.71. The molecule has 2 aliphatic carbocycles. The summed E-state index contributed by atoms with van der Waals surface area (Å²) < 4.78 is 0. The van der Waals surface area contributed by atoms with Gasteiger partial charge in [0.1, 0.15) is 0 Å². The minimum atomic E-state index is -0.191. The van der Waals surface area contributed by atoms with Crippen molar-refractivity contribution in [3.8, 4) is 123 Å². The first kappa shape index (κ1) is 46.9. The van der Waals surface area contributed by atoms with Crippen LogP contribution < -0.4 is 0 Å². The van der Waals surface area contributed by atoms with Gasteiger partial charge in [0.2, 0.25) is 0 Å². The van der Waals surface area contributed by atoms with Crippen molar-refractivity contribution in [3.63, 3.8) is 0 Å². The Hall–Kier alpha value is -9.64. The van der Waals surface area contributed by atoms with E-state index >= 15 is 0 Å². The fourth-order valence-electron chi connectivity index (χ4n) is 12.2. The van der Waals surface area contributed by atoms with E-state index in [1.165, 1.54) is 89.0 Å². The smallest absolute Gasteiger partial charge is 0.0702 e. The van der Waals surface area contributed by atoms with Crippen molar-refractivity contribution < 1.29 is 0 Å². The number of fused-ring (bicyclic) bond motifs is 6. The molecule has 4 heteroatoms. The number of hydrogen-bond acceptors (Lipinski definition) is 4. The second kappa shape index (κ2) is 18.6. The molecular formula is C74H54N4. The molecule has 0 aliphatic heterocycles. The SMILES string of the molecule is CC1(C)c2cc(-c3ccc(-c4ccc(-c5ccc6c(c5)C(C)(C)c5cc(-c7cc(-c8ccccn8)cc(-c8ccccn8)c7)ccc5-6)cc4)cc3)ccc2-c2ccc(-c3cc(-c4ccccn4)cc(-c4ccccn4)c3)cc21. The molecule has 78 heavy (non-hydrogen) atoms. The highest BCUT2D eigenvalue weighted by atomic mass is 14.7. The molecule has 14 rings (SSSR count). The predicted octanol–water partition coefficient (Wildman–Crippen LogP) is 18.9. The molecule has 12 aromatic rings. The van der Waals surface area contributed by atoms with Crippen LogP contribution in [0.5, 0.6) is 0 Å². The van der Waals surface area contributed by atoms with E-state index in [-0.39, 0.29) is 10.8 Å². The molecule has 4 heterocycles. The third-order valence-corrected chi connectivity index (χ3v) is 16.5. The molecule has 0 N–H and O–H groups in total. The number of aromatic nitrogens is 4. The quantitative estimate of drug-likeness (QED) is 0.145. The first-order chi connectivity index (χ1) is 38.1. The van der Waals surface area contributed by atoms with Crippen LogP contribution >= 0.6 is 0 Å². The molecule has 0 atom stereocenters. The average molecular weight is 999 g/mol. The van der Waals surface area contributed by atoms with E-state index < -0.39 is 0 Å². The van der Waals surface area contributed by atoms with Gasteiger partial charge in [-0.1, -0.05) is 149 Å². The van der Waals surface area contributed by atoms with E-state index in [4.69, 9.17) is 19.9 Å². The normalized spacial score (nSPS) is 13.3. The van der Waals surface area contributed by atoms with Crippen LogP contribution in [0.4, 0.5) is 0 Å². The van der Waals surface area contributed by atoms with Gasteiger partial charge in [0.15, 0.2) is 0 Å². The summed E-state index contributed by atoms with van der Waals surface area (Å²) in [7, 11) is 0. The number of nitrogens with zero attached hydrogens (tertiary/aromatic N) is 4. The summed E-state index contributed by atoms with van der Waals surface area (Å²) >= 11 is 0. The van der Waals surface area contributed by atoms with Crippen molar-refractivity contribution in [1.29, 1.82) is 0 Å². The fraction of sp³-hybridized carbons (Fsp3) is 0.0811.